The number of fused-ring (bicyclic) bond motifs is 1. The first-order chi connectivity index (χ1) is 12.6. The van der Waals surface area contributed by atoms with Crippen molar-refractivity contribution in [3.05, 3.63) is 51.4 Å². The van der Waals surface area contributed by atoms with Gasteiger partial charge in [-0.3, -0.25) is 9.59 Å². The number of carbonyl (C=O) groups is 1. The Morgan fingerprint density at radius 2 is 2.19 bits per heavy atom. The van der Waals surface area contributed by atoms with E-state index in [0.717, 1.165) is 34.1 Å². The molecule has 134 valence electrons. The van der Waals surface area contributed by atoms with Gasteiger partial charge >= 0.3 is 0 Å². The summed E-state index contributed by atoms with van der Waals surface area (Å²) in [6.07, 6.45) is 2.73. The first-order valence-corrected chi connectivity index (χ1v) is 10.4. The number of benzene rings is 1. The number of aromatic nitrogens is 3. The van der Waals surface area contributed by atoms with Crippen molar-refractivity contribution in [3.8, 4) is 0 Å². The summed E-state index contributed by atoms with van der Waals surface area (Å²) < 4.78 is 1.40. The highest BCUT2D eigenvalue weighted by molar-refractivity contribution is 7.98. The minimum absolute atomic E-state index is 0.0203. The highest BCUT2D eigenvalue weighted by Crippen LogP contribution is 2.41. The largest absolute Gasteiger partial charge is 0.325 e. The van der Waals surface area contributed by atoms with Crippen molar-refractivity contribution in [2.75, 3.05) is 5.32 Å². The third-order valence-electron chi connectivity index (χ3n) is 4.10. The Morgan fingerprint density at radius 3 is 2.96 bits per heavy atom. The highest BCUT2D eigenvalue weighted by Gasteiger charge is 2.28. The lowest BCUT2D eigenvalue weighted by Gasteiger charge is -2.09. The summed E-state index contributed by atoms with van der Waals surface area (Å²) in [6, 6.07) is 9.21. The average molecular weight is 387 g/mol. The molecule has 4 rings (SSSR count). The van der Waals surface area contributed by atoms with Gasteiger partial charge in [0, 0.05) is 29.1 Å². The Kier molecular flexibility index (Phi) is 4.78. The molecule has 1 amide bonds. The average Bonchev–Trinajstić information content (AvgIpc) is 3.40. The second-order valence-electron chi connectivity index (χ2n) is 6.18. The summed E-state index contributed by atoms with van der Waals surface area (Å²) in [5.41, 5.74) is 1.37. The van der Waals surface area contributed by atoms with Crippen LogP contribution >= 0.6 is 23.1 Å². The quantitative estimate of drug-likeness (QED) is 0.654. The number of amides is 1. The molecule has 6 nitrogen and oxygen atoms in total. The zero-order valence-corrected chi connectivity index (χ0v) is 15.9. The maximum absolute atomic E-state index is 12.3. The number of nitrogens with one attached hydrogen (secondary N) is 1. The van der Waals surface area contributed by atoms with E-state index in [1.165, 1.54) is 15.9 Å². The van der Waals surface area contributed by atoms with Gasteiger partial charge in [0.2, 0.25) is 10.9 Å². The van der Waals surface area contributed by atoms with E-state index in [0.29, 0.717) is 23.1 Å². The van der Waals surface area contributed by atoms with E-state index in [-0.39, 0.29) is 11.5 Å². The van der Waals surface area contributed by atoms with Crippen LogP contribution in [0.1, 0.15) is 42.8 Å². The predicted molar refractivity (Wildman–Crippen MR) is 104 cm³/mol. The molecule has 3 aromatic rings. The zero-order chi connectivity index (χ0) is 18.1. The van der Waals surface area contributed by atoms with Crippen molar-refractivity contribution in [1.82, 2.24) is 14.6 Å². The molecular weight excluding hydrogens is 368 g/mol. The van der Waals surface area contributed by atoms with Crippen LogP contribution in [0.5, 0.6) is 0 Å². The molecule has 1 saturated carbocycles. The van der Waals surface area contributed by atoms with E-state index in [1.807, 2.05) is 31.2 Å². The van der Waals surface area contributed by atoms with Crippen molar-refractivity contribution in [1.29, 1.82) is 0 Å². The molecule has 1 aromatic carbocycles. The normalized spacial score (nSPS) is 13.9. The second-order valence-corrected chi connectivity index (χ2v) is 8.19. The van der Waals surface area contributed by atoms with Gasteiger partial charge in [0.05, 0.1) is 11.4 Å². The summed E-state index contributed by atoms with van der Waals surface area (Å²) in [6.45, 7) is 1.82. The topological polar surface area (TPSA) is 76.4 Å². The van der Waals surface area contributed by atoms with Crippen LogP contribution in [0.2, 0.25) is 0 Å². The molecule has 0 saturated heterocycles. The molecule has 1 N–H and O–H groups in total. The SMILES string of the molecule is CCC(=O)Nc1ccccc1SCc1cc(=O)n2nc(C3CC3)sc2n1. The zero-order valence-electron chi connectivity index (χ0n) is 14.3. The summed E-state index contributed by atoms with van der Waals surface area (Å²) in [7, 11) is 0. The number of hydrogen-bond acceptors (Lipinski definition) is 6. The van der Waals surface area contributed by atoms with E-state index in [4.69, 9.17) is 0 Å². The number of nitrogens with zero attached hydrogens (tertiary/aromatic N) is 3. The molecular formula is C18H18N4O2S2. The number of thioether (sulfide) groups is 1. The lowest BCUT2D eigenvalue weighted by Crippen LogP contribution is -2.15. The molecule has 26 heavy (non-hydrogen) atoms. The molecule has 1 aliphatic carbocycles. The molecule has 0 atom stereocenters. The van der Waals surface area contributed by atoms with Crippen LogP contribution in [0.3, 0.4) is 0 Å². The van der Waals surface area contributed by atoms with Crippen molar-refractivity contribution in [2.45, 2.75) is 42.8 Å². The molecule has 0 spiro atoms. The van der Waals surface area contributed by atoms with Crippen LogP contribution in [-0.4, -0.2) is 20.5 Å². The van der Waals surface area contributed by atoms with Crippen LogP contribution in [0.4, 0.5) is 5.69 Å². The van der Waals surface area contributed by atoms with Crippen molar-refractivity contribution >= 4 is 39.7 Å². The van der Waals surface area contributed by atoms with E-state index in [9.17, 15) is 9.59 Å². The second kappa shape index (κ2) is 7.20. The van der Waals surface area contributed by atoms with Gasteiger partial charge in [-0.2, -0.15) is 9.61 Å². The first-order valence-electron chi connectivity index (χ1n) is 8.55. The van der Waals surface area contributed by atoms with Gasteiger partial charge in [-0.1, -0.05) is 30.4 Å². The highest BCUT2D eigenvalue weighted by atomic mass is 32.2. The minimum atomic E-state index is -0.138. The summed E-state index contributed by atoms with van der Waals surface area (Å²) in [5.74, 6) is 1.04. The van der Waals surface area contributed by atoms with E-state index < -0.39 is 0 Å². The van der Waals surface area contributed by atoms with E-state index >= 15 is 0 Å². The molecule has 1 fully saturated rings. The van der Waals surface area contributed by atoms with E-state index in [1.54, 1.807) is 17.8 Å². The summed E-state index contributed by atoms with van der Waals surface area (Å²) in [4.78, 5) is 30.2. The van der Waals surface area contributed by atoms with Crippen LogP contribution in [0, 0.1) is 0 Å². The summed E-state index contributed by atoms with van der Waals surface area (Å²) in [5, 5.41) is 8.31. The number of rotatable bonds is 6. The van der Waals surface area contributed by atoms with Gasteiger partial charge < -0.3 is 5.32 Å². The Bertz CT molecular complexity index is 1020. The third-order valence-corrected chi connectivity index (χ3v) is 6.28. The summed E-state index contributed by atoms with van der Waals surface area (Å²) >= 11 is 3.06. The molecule has 2 aromatic heterocycles. The number of para-hydroxylation sites is 1. The van der Waals surface area contributed by atoms with Gasteiger partial charge in [0.1, 0.15) is 5.01 Å². The minimum Gasteiger partial charge on any atom is -0.325 e. The fourth-order valence-electron chi connectivity index (χ4n) is 2.53. The maximum atomic E-state index is 12.3. The fourth-order valence-corrected chi connectivity index (χ4v) is 4.52. The monoisotopic (exact) mass is 386 g/mol. The van der Waals surface area contributed by atoms with Gasteiger partial charge in [-0.05, 0) is 25.0 Å². The van der Waals surface area contributed by atoms with Crippen LogP contribution in [0.25, 0.3) is 4.96 Å². The molecule has 0 bridgehead atoms. The third kappa shape index (κ3) is 3.66. The molecule has 1 aliphatic rings. The van der Waals surface area contributed by atoms with Crippen molar-refractivity contribution in [3.63, 3.8) is 0 Å². The number of carbonyl (C=O) groups excluding carboxylic acids is 1. The standard InChI is InChI=1S/C18H18N4O2S2/c1-2-15(23)20-13-5-3-4-6-14(13)25-10-12-9-16(24)22-18(19-12)26-17(21-22)11-7-8-11/h3-6,9,11H,2,7-8,10H2,1H3,(H,20,23). The Balaban J connectivity index is 1.55. The fraction of sp³-hybridized carbons (Fsp3) is 0.333. The molecule has 2 heterocycles. The molecule has 0 aliphatic heterocycles. The Labute approximate surface area is 158 Å². The van der Waals surface area contributed by atoms with Crippen LogP contribution in [-0.2, 0) is 10.5 Å². The molecule has 8 heteroatoms. The van der Waals surface area contributed by atoms with Gasteiger partial charge in [0.25, 0.3) is 5.56 Å². The van der Waals surface area contributed by atoms with Crippen LogP contribution < -0.4 is 10.9 Å². The van der Waals surface area contributed by atoms with Gasteiger partial charge in [-0.25, -0.2) is 4.98 Å². The number of anilines is 1. The van der Waals surface area contributed by atoms with E-state index in [2.05, 4.69) is 15.4 Å². The molecule has 0 radical (unpaired) electrons. The predicted octanol–water partition coefficient (Wildman–Crippen LogP) is 3.67. The lowest BCUT2D eigenvalue weighted by atomic mass is 10.3. The lowest BCUT2D eigenvalue weighted by molar-refractivity contribution is -0.115. The van der Waals surface area contributed by atoms with Crippen LogP contribution in [0.15, 0.2) is 40.0 Å². The van der Waals surface area contributed by atoms with Crippen molar-refractivity contribution in [2.24, 2.45) is 0 Å². The van der Waals surface area contributed by atoms with Crippen molar-refractivity contribution < 1.29 is 4.79 Å². The Morgan fingerprint density at radius 1 is 1.38 bits per heavy atom. The molecule has 0 unspecified atom stereocenters. The first kappa shape index (κ1) is 17.2. The Hall–Kier alpha value is -2.19. The number of hydrogen-bond donors (Lipinski definition) is 1. The van der Waals surface area contributed by atoms with Gasteiger partial charge in [-0.15, -0.1) is 11.8 Å². The van der Waals surface area contributed by atoms with Gasteiger partial charge in [0.15, 0.2) is 0 Å². The maximum Gasteiger partial charge on any atom is 0.275 e. The smallest absolute Gasteiger partial charge is 0.275 e.